The molecule has 15 heavy (non-hydrogen) atoms. The number of aryl methyl sites for hydroxylation is 1. The summed E-state index contributed by atoms with van der Waals surface area (Å²) in [5.74, 6) is -0.165. The Balaban J connectivity index is 2.56. The number of hydrogen-bond acceptors (Lipinski definition) is 2. The van der Waals surface area contributed by atoms with Gasteiger partial charge in [-0.3, -0.25) is 0 Å². The standard InChI is InChI=1S/C12H19FN2/c1-4-10-7-11(13)9-12(8-10)14-5-6-15(2)3/h7-9,14H,4-6H2,1-3H3. The molecular formula is C12H19FN2. The van der Waals surface area contributed by atoms with Gasteiger partial charge in [0.1, 0.15) is 5.82 Å². The van der Waals surface area contributed by atoms with Crippen LogP contribution in [0, 0.1) is 5.82 Å². The van der Waals surface area contributed by atoms with E-state index in [0.717, 1.165) is 30.8 Å². The number of rotatable bonds is 5. The Kier molecular flexibility index (Phi) is 4.56. The molecule has 0 aliphatic heterocycles. The molecule has 0 saturated heterocycles. The normalized spacial score (nSPS) is 10.7. The van der Waals surface area contributed by atoms with E-state index in [9.17, 15) is 4.39 Å². The van der Waals surface area contributed by atoms with Gasteiger partial charge in [-0.1, -0.05) is 6.92 Å². The number of halogens is 1. The number of anilines is 1. The molecule has 0 fully saturated rings. The Hall–Kier alpha value is -1.09. The fraction of sp³-hybridized carbons (Fsp3) is 0.500. The van der Waals surface area contributed by atoms with E-state index in [2.05, 4.69) is 10.2 Å². The third kappa shape index (κ3) is 4.30. The van der Waals surface area contributed by atoms with Gasteiger partial charge in [0.15, 0.2) is 0 Å². The first-order chi connectivity index (χ1) is 7.11. The third-order valence-electron chi connectivity index (χ3n) is 2.25. The van der Waals surface area contributed by atoms with Crippen molar-refractivity contribution >= 4 is 5.69 Å². The van der Waals surface area contributed by atoms with Crippen molar-refractivity contribution in [2.45, 2.75) is 13.3 Å². The zero-order valence-corrected chi connectivity index (χ0v) is 9.68. The van der Waals surface area contributed by atoms with E-state index in [1.165, 1.54) is 6.07 Å². The van der Waals surface area contributed by atoms with Crippen molar-refractivity contribution in [2.75, 3.05) is 32.5 Å². The number of nitrogens with one attached hydrogen (secondary N) is 1. The predicted molar refractivity (Wildman–Crippen MR) is 62.8 cm³/mol. The first-order valence-electron chi connectivity index (χ1n) is 5.30. The third-order valence-corrected chi connectivity index (χ3v) is 2.25. The van der Waals surface area contributed by atoms with Crippen molar-refractivity contribution in [2.24, 2.45) is 0 Å². The van der Waals surface area contributed by atoms with E-state index >= 15 is 0 Å². The maximum Gasteiger partial charge on any atom is 0.125 e. The van der Waals surface area contributed by atoms with Crippen LogP contribution in [0.5, 0.6) is 0 Å². The van der Waals surface area contributed by atoms with E-state index in [1.807, 2.05) is 27.1 Å². The largest absolute Gasteiger partial charge is 0.384 e. The van der Waals surface area contributed by atoms with Crippen LogP contribution in [0.4, 0.5) is 10.1 Å². The van der Waals surface area contributed by atoms with Gasteiger partial charge in [0, 0.05) is 18.8 Å². The summed E-state index contributed by atoms with van der Waals surface area (Å²) >= 11 is 0. The van der Waals surface area contributed by atoms with Crippen LogP contribution >= 0.6 is 0 Å². The van der Waals surface area contributed by atoms with Gasteiger partial charge in [-0.15, -0.1) is 0 Å². The second-order valence-corrected chi connectivity index (χ2v) is 3.93. The van der Waals surface area contributed by atoms with Gasteiger partial charge in [0.05, 0.1) is 0 Å². The highest BCUT2D eigenvalue weighted by Gasteiger charge is 1.99. The molecule has 0 amide bonds. The van der Waals surface area contributed by atoms with Crippen LogP contribution in [0.15, 0.2) is 18.2 Å². The molecule has 2 nitrogen and oxygen atoms in total. The minimum Gasteiger partial charge on any atom is -0.384 e. The molecule has 1 aromatic rings. The molecule has 1 rings (SSSR count). The average molecular weight is 210 g/mol. The van der Waals surface area contributed by atoms with Crippen molar-refractivity contribution < 1.29 is 4.39 Å². The van der Waals surface area contributed by atoms with Crippen molar-refractivity contribution in [1.29, 1.82) is 0 Å². The number of nitrogens with zero attached hydrogens (tertiary/aromatic N) is 1. The van der Waals surface area contributed by atoms with Crippen LogP contribution in [0.25, 0.3) is 0 Å². The maximum absolute atomic E-state index is 13.2. The van der Waals surface area contributed by atoms with Gasteiger partial charge in [-0.25, -0.2) is 4.39 Å². The molecule has 84 valence electrons. The molecule has 3 heteroatoms. The molecule has 0 heterocycles. The first kappa shape index (κ1) is 12.0. The molecule has 0 unspecified atom stereocenters. The molecule has 0 atom stereocenters. The van der Waals surface area contributed by atoms with Crippen LogP contribution in [0.2, 0.25) is 0 Å². The Bertz CT molecular complexity index is 310. The summed E-state index contributed by atoms with van der Waals surface area (Å²) < 4.78 is 13.2. The summed E-state index contributed by atoms with van der Waals surface area (Å²) in [6, 6.07) is 5.12. The van der Waals surface area contributed by atoms with Gasteiger partial charge in [-0.2, -0.15) is 0 Å². The predicted octanol–water partition coefficient (Wildman–Crippen LogP) is 2.36. The van der Waals surface area contributed by atoms with E-state index in [0.29, 0.717) is 0 Å². The molecule has 0 bridgehead atoms. The van der Waals surface area contributed by atoms with Crippen LogP contribution in [-0.2, 0) is 6.42 Å². The lowest BCUT2D eigenvalue weighted by molar-refractivity contribution is 0.425. The maximum atomic E-state index is 13.2. The van der Waals surface area contributed by atoms with Gasteiger partial charge in [0.25, 0.3) is 0 Å². The number of hydrogen-bond donors (Lipinski definition) is 1. The summed E-state index contributed by atoms with van der Waals surface area (Å²) in [4.78, 5) is 2.09. The first-order valence-corrected chi connectivity index (χ1v) is 5.30. The van der Waals surface area contributed by atoms with E-state index < -0.39 is 0 Å². The molecule has 1 aromatic carbocycles. The zero-order valence-electron chi connectivity index (χ0n) is 9.68. The fourth-order valence-electron chi connectivity index (χ4n) is 1.38. The Labute approximate surface area is 91.1 Å². The summed E-state index contributed by atoms with van der Waals surface area (Å²) in [6.45, 7) is 3.80. The van der Waals surface area contributed by atoms with Gasteiger partial charge < -0.3 is 10.2 Å². The molecule has 0 saturated carbocycles. The quantitative estimate of drug-likeness (QED) is 0.802. The summed E-state index contributed by atoms with van der Waals surface area (Å²) in [5.41, 5.74) is 1.90. The second-order valence-electron chi connectivity index (χ2n) is 3.93. The molecule has 0 aliphatic rings. The Morgan fingerprint density at radius 2 is 2.00 bits per heavy atom. The SMILES string of the molecule is CCc1cc(F)cc(NCCN(C)C)c1. The summed E-state index contributed by atoms with van der Waals surface area (Å²) in [6.07, 6.45) is 0.861. The summed E-state index contributed by atoms with van der Waals surface area (Å²) in [5, 5.41) is 3.21. The van der Waals surface area contributed by atoms with Gasteiger partial charge in [0.2, 0.25) is 0 Å². The van der Waals surface area contributed by atoms with Crippen molar-refractivity contribution in [1.82, 2.24) is 4.90 Å². The summed E-state index contributed by atoms with van der Waals surface area (Å²) in [7, 11) is 4.04. The highest BCUT2D eigenvalue weighted by molar-refractivity contribution is 5.46. The zero-order chi connectivity index (χ0) is 11.3. The molecule has 0 aliphatic carbocycles. The fourth-order valence-corrected chi connectivity index (χ4v) is 1.38. The van der Waals surface area contributed by atoms with E-state index in [-0.39, 0.29) is 5.82 Å². The average Bonchev–Trinajstić information content (AvgIpc) is 2.16. The minimum absolute atomic E-state index is 0.165. The molecule has 1 N–H and O–H groups in total. The van der Waals surface area contributed by atoms with Crippen molar-refractivity contribution in [3.8, 4) is 0 Å². The van der Waals surface area contributed by atoms with Crippen LogP contribution in [0.3, 0.4) is 0 Å². The topological polar surface area (TPSA) is 15.3 Å². The van der Waals surface area contributed by atoms with E-state index in [1.54, 1.807) is 6.07 Å². The smallest absolute Gasteiger partial charge is 0.125 e. The lowest BCUT2D eigenvalue weighted by atomic mass is 10.1. The highest BCUT2D eigenvalue weighted by atomic mass is 19.1. The van der Waals surface area contributed by atoms with Crippen LogP contribution < -0.4 is 5.32 Å². The molecular weight excluding hydrogens is 191 g/mol. The van der Waals surface area contributed by atoms with Crippen LogP contribution in [0.1, 0.15) is 12.5 Å². The van der Waals surface area contributed by atoms with Crippen molar-refractivity contribution in [3.05, 3.63) is 29.6 Å². The monoisotopic (exact) mass is 210 g/mol. The van der Waals surface area contributed by atoms with Gasteiger partial charge in [-0.05, 0) is 44.3 Å². The highest BCUT2D eigenvalue weighted by Crippen LogP contribution is 2.14. The van der Waals surface area contributed by atoms with Crippen LogP contribution in [-0.4, -0.2) is 32.1 Å². The second kappa shape index (κ2) is 5.71. The molecule has 0 aromatic heterocycles. The molecule has 0 radical (unpaired) electrons. The lowest BCUT2D eigenvalue weighted by Crippen LogP contribution is -2.20. The molecule has 0 spiro atoms. The van der Waals surface area contributed by atoms with Gasteiger partial charge >= 0.3 is 0 Å². The lowest BCUT2D eigenvalue weighted by Gasteiger charge is -2.12. The Morgan fingerprint density at radius 3 is 2.60 bits per heavy atom. The van der Waals surface area contributed by atoms with E-state index in [4.69, 9.17) is 0 Å². The number of likely N-dealkylation sites (N-methyl/N-ethyl adjacent to an activating group) is 1. The van der Waals surface area contributed by atoms with Crippen molar-refractivity contribution in [3.63, 3.8) is 0 Å². The Morgan fingerprint density at radius 1 is 1.27 bits per heavy atom. The minimum atomic E-state index is -0.165. The number of benzene rings is 1.